The molecule has 0 heterocycles. The number of hydrogen-bond donors (Lipinski definition) is 3. The average molecular weight is 278 g/mol. The fourth-order valence-corrected chi connectivity index (χ4v) is 1.44. The van der Waals surface area contributed by atoms with Crippen molar-refractivity contribution in [3.8, 4) is 0 Å². The van der Waals surface area contributed by atoms with E-state index in [9.17, 15) is 14.4 Å². The van der Waals surface area contributed by atoms with Crippen LogP contribution in [-0.4, -0.2) is 49.8 Å². The van der Waals surface area contributed by atoms with Gasteiger partial charge >= 0.3 is 0 Å². The van der Waals surface area contributed by atoms with Crippen molar-refractivity contribution in [3.63, 3.8) is 0 Å². The van der Waals surface area contributed by atoms with Crippen LogP contribution >= 0.6 is 0 Å². The van der Waals surface area contributed by atoms with Gasteiger partial charge in [-0.15, -0.1) is 0 Å². The first kappa shape index (κ1) is 15.6. The second kappa shape index (κ2) is 7.25. The zero-order chi connectivity index (χ0) is 15.1. The highest BCUT2D eigenvalue weighted by Crippen LogP contribution is 2.11. The molecule has 7 nitrogen and oxygen atoms in total. The van der Waals surface area contributed by atoms with E-state index in [4.69, 9.17) is 5.73 Å². The van der Waals surface area contributed by atoms with Crippen LogP contribution in [0, 0.1) is 0 Å². The Kier molecular flexibility index (Phi) is 5.67. The summed E-state index contributed by atoms with van der Waals surface area (Å²) in [6, 6.07) is 6.57. The zero-order valence-corrected chi connectivity index (χ0v) is 11.5. The van der Waals surface area contributed by atoms with Crippen molar-refractivity contribution < 1.29 is 14.4 Å². The number of nitrogens with zero attached hydrogens (tertiary/aromatic N) is 1. The summed E-state index contributed by atoms with van der Waals surface area (Å²) in [6.07, 6.45) is 0. The Hall–Kier alpha value is -2.41. The molecule has 0 unspecified atom stereocenters. The van der Waals surface area contributed by atoms with E-state index in [1.807, 2.05) is 0 Å². The smallest absolute Gasteiger partial charge is 0.253 e. The molecule has 3 amide bonds. The molecule has 4 N–H and O–H groups in total. The summed E-state index contributed by atoms with van der Waals surface area (Å²) < 4.78 is 0. The van der Waals surface area contributed by atoms with Gasteiger partial charge in [0.2, 0.25) is 11.8 Å². The minimum absolute atomic E-state index is 0.155. The molecule has 0 spiro atoms. The molecule has 20 heavy (non-hydrogen) atoms. The summed E-state index contributed by atoms with van der Waals surface area (Å²) >= 11 is 0. The maximum absolute atomic E-state index is 11.8. The minimum Gasteiger partial charge on any atom is -0.346 e. The molecule has 0 aliphatic rings. The molecule has 0 saturated carbocycles. The molecule has 7 heteroatoms. The monoisotopic (exact) mass is 278 g/mol. The normalized spacial score (nSPS) is 9.75. The summed E-state index contributed by atoms with van der Waals surface area (Å²) in [5, 5.41) is 4.95. The van der Waals surface area contributed by atoms with Crippen molar-refractivity contribution in [3.05, 3.63) is 29.8 Å². The Morgan fingerprint density at radius 1 is 1.20 bits per heavy atom. The first-order chi connectivity index (χ1) is 9.43. The fraction of sp³-hybridized carbons (Fsp3) is 0.308. The third-order valence-electron chi connectivity index (χ3n) is 2.43. The number of anilines is 1. The van der Waals surface area contributed by atoms with Crippen LogP contribution in [0.3, 0.4) is 0 Å². The summed E-state index contributed by atoms with van der Waals surface area (Å²) in [7, 11) is 3.30. The Morgan fingerprint density at radius 3 is 2.50 bits per heavy atom. The molecule has 1 aromatic carbocycles. The van der Waals surface area contributed by atoms with Gasteiger partial charge in [0.25, 0.3) is 5.91 Å². The predicted octanol–water partition coefficient (Wildman–Crippen LogP) is -0.598. The molecular weight excluding hydrogens is 260 g/mol. The van der Waals surface area contributed by atoms with E-state index >= 15 is 0 Å². The van der Waals surface area contributed by atoms with Crippen LogP contribution in [0.5, 0.6) is 0 Å². The third-order valence-corrected chi connectivity index (χ3v) is 2.43. The van der Waals surface area contributed by atoms with E-state index in [0.29, 0.717) is 11.3 Å². The lowest BCUT2D eigenvalue weighted by Gasteiger charge is -2.11. The van der Waals surface area contributed by atoms with Crippen LogP contribution in [0.4, 0.5) is 5.69 Å². The maximum atomic E-state index is 11.8. The third kappa shape index (κ3) is 4.69. The van der Waals surface area contributed by atoms with Crippen LogP contribution in [0.25, 0.3) is 0 Å². The first-order valence-corrected chi connectivity index (χ1v) is 6.02. The topological polar surface area (TPSA) is 105 Å². The number of carbonyl (C=O) groups is 3. The molecule has 0 radical (unpaired) electrons. The lowest BCUT2D eigenvalue weighted by Crippen LogP contribution is -2.36. The molecular formula is C13H18N4O3. The molecule has 0 atom stereocenters. The second-order valence-electron chi connectivity index (χ2n) is 4.31. The van der Waals surface area contributed by atoms with Crippen molar-refractivity contribution in [2.75, 3.05) is 32.5 Å². The highest BCUT2D eigenvalue weighted by atomic mass is 16.2. The van der Waals surface area contributed by atoms with Crippen molar-refractivity contribution in [1.82, 2.24) is 10.2 Å². The Bertz CT molecular complexity index is 514. The fourth-order valence-electron chi connectivity index (χ4n) is 1.44. The Labute approximate surface area is 117 Å². The van der Waals surface area contributed by atoms with Crippen LogP contribution in [-0.2, 0) is 9.59 Å². The number of nitrogens with one attached hydrogen (secondary N) is 2. The van der Waals surface area contributed by atoms with Crippen LogP contribution in [0.2, 0.25) is 0 Å². The minimum atomic E-state index is -0.406. The van der Waals surface area contributed by atoms with Gasteiger partial charge in [0.15, 0.2) is 0 Å². The molecule has 0 aliphatic heterocycles. The van der Waals surface area contributed by atoms with E-state index in [-0.39, 0.29) is 24.9 Å². The number of rotatable bonds is 5. The summed E-state index contributed by atoms with van der Waals surface area (Å²) in [5.41, 5.74) is 6.07. The van der Waals surface area contributed by atoms with E-state index in [0.717, 1.165) is 0 Å². The lowest BCUT2D eigenvalue weighted by molar-refractivity contribution is -0.123. The number of carbonyl (C=O) groups excluding carboxylic acids is 3. The Morgan fingerprint density at radius 2 is 1.90 bits per heavy atom. The first-order valence-electron chi connectivity index (χ1n) is 6.02. The van der Waals surface area contributed by atoms with Gasteiger partial charge in [0.1, 0.15) is 0 Å². The molecule has 108 valence electrons. The van der Waals surface area contributed by atoms with Gasteiger partial charge < -0.3 is 21.3 Å². The number of benzene rings is 1. The van der Waals surface area contributed by atoms with Gasteiger partial charge in [-0.2, -0.15) is 0 Å². The molecule has 1 rings (SSSR count). The van der Waals surface area contributed by atoms with Gasteiger partial charge in [0, 0.05) is 25.3 Å². The summed E-state index contributed by atoms with van der Waals surface area (Å²) in [6.45, 7) is -0.331. The van der Waals surface area contributed by atoms with E-state index in [1.54, 1.807) is 38.4 Å². The molecule has 1 aromatic rings. The lowest BCUT2D eigenvalue weighted by atomic mass is 10.2. The Balaban J connectivity index is 2.64. The SMILES string of the molecule is CN(C)C(=O)c1cccc(NC(=O)CNC(=O)CN)c1. The van der Waals surface area contributed by atoms with Crippen LogP contribution < -0.4 is 16.4 Å². The van der Waals surface area contributed by atoms with Gasteiger partial charge in [-0.05, 0) is 18.2 Å². The molecule has 0 bridgehead atoms. The molecule has 0 saturated heterocycles. The van der Waals surface area contributed by atoms with Crippen molar-refractivity contribution in [2.24, 2.45) is 5.73 Å². The predicted molar refractivity (Wildman–Crippen MR) is 75.2 cm³/mol. The molecule has 0 aromatic heterocycles. The van der Waals surface area contributed by atoms with Gasteiger partial charge in [0.05, 0.1) is 13.1 Å². The maximum Gasteiger partial charge on any atom is 0.253 e. The largest absolute Gasteiger partial charge is 0.346 e. The standard InChI is InChI=1S/C13H18N4O3/c1-17(2)13(20)9-4-3-5-10(6-9)16-12(19)8-15-11(18)7-14/h3-6H,7-8,14H2,1-2H3,(H,15,18)(H,16,19). The number of amides is 3. The average Bonchev–Trinajstić information content (AvgIpc) is 2.44. The van der Waals surface area contributed by atoms with E-state index in [2.05, 4.69) is 10.6 Å². The van der Waals surface area contributed by atoms with Crippen LogP contribution in [0.1, 0.15) is 10.4 Å². The van der Waals surface area contributed by atoms with Crippen LogP contribution in [0.15, 0.2) is 24.3 Å². The highest BCUT2D eigenvalue weighted by molar-refractivity contribution is 5.98. The van der Waals surface area contributed by atoms with E-state index in [1.165, 1.54) is 4.90 Å². The number of hydrogen-bond acceptors (Lipinski definition) is 4. The zero-order valence-electron chi connectivity index (χ0n) is 11.5. The second-order valence-corrected chi connectivity index (χ2v) is 4.31. The molecule has 0 aliphatic carbocycles. The highest BCUT2D eigenvalue weighted by Gasteiger charge is 2.09. The number of nitrogens with two attached hydrogens (primary N) is 1. The quantitative estimate of drug-likeness (QED) is 0.669. The van der Waals surface area contributed by atoms with Gasteiger partial charge in [-0.25, -0.2) is 0 Å². The van der Waals surface area contributed by atoms with Crippen molar-refractivity contribution >= 4 is 23.4 Å². The van der Waals surface area contributed by atoms with Gasteiger partial charge in [-0.1, -0.05) is 6.07 Å². The van der Waals surface area contributed by atoms with Crippen molar-refractivity contribution in [2.45, 2.75) is 0 Å². The summed E-state index contributed by atoms with van der Waals surface area (Å²) in [4.78, 5) is 35.7. The molecule has 0 fully saturated rings. The van der Waals surface area contributed by atoms with Crippen molar-refractivity contribution in [1.29, 1.82) is 0 Å². The van der Waals surface area contributed by atoms with Gasteiger partial charge in [-0.3, -0.25) is 14.4 Å². The van der Waals surface area contributed by atoms with E-state index < -0.39 is 5.91 Å². The summed E-state index contributed by atoms with van der Waals surface area (Å²) in [5.74, 6) is -0.949.